The van der Waals surface area contributed by atoms with Crippen molar-refractivity contribution in [1.82, 2.24) is 0 Å². The van der Waals surface area contributed by atoms with Gasteiger partial charge in [-0.25, -0.2) is 0 Å². The zero-order valence-electron chi connectivity index (χ0n) is 12.5. The Balaban J connectivity index is 1.70. The molecule has 0 radical (unpaired) electrons. The van der Waals surface area contributed by atoms with Crippen molar-refractivity contribution in [3.8, 4) is 17.1 Å². The summed E-state index contributed by atoms with van der Waals surface area (Å²) in [5.74, 6) is 2.34. The van der Waals surface area contributed by atoms with Crippen LogP contribution in [0.1, 0.15) is 5.76 Å². The number of ether oxygens (including phenoxy) is 1. The van der Waals surface area contributed by atoms with Crippen molar-refractivity contribution in [3.05, 3.63) is 70.4 Å². The van der Waals surface area contributed by atoms with Gasteiger partial charge in [0.1, 0.15) is 17.3 Å². The second-order valence-electron chi connectivity index (χ2n) is 4.97. The molecular weight excluding hydrogens is 333 g/mol. The Hall–Kier alpha value is -2.10. The molecule has 0 unspecified atom stereocenters. The van der Waals surface area contributed by atoms with Crippen LogP contribution in [0.25, 0.3) is 11.3 Å². The standard InChI is InChI=1S/C18H15Cl2NO2/c1-22-14-5-3-13(4-6-14)21-11-15-7-9-18(23-15)16-10-12(19)2-8-17(16)20/h2-10,21H,11H2,1H3. The van der Waals surface area contributed by atoms with E-state index in [0.29, 0.717) is 22.4 Å². The minimum atomic E-state index is 0.574. The highest BCUT2D eigenvalue weighted by molar-refractivity contribution is 6.35. The number of benzene rings is 2. The van der Waals surface area contributed by atoms with Crippen LogP contribution in [0, 0.1) is 0 Å². The van der Waals surface area contributed by atoms with Gasteiger partial charge in [0, 0.05) is 16.3 Å². The third-order valence-electron chi connectivity index (χ3n) is 3.41. The van der Waals surface area contributed by atoms with E-state index >= 15 is 0 Å². The molecule has 0 amide bonds. The molecule has 0 aliphatic rings. The molecule has 1 N–H and O–H groups in total. The number of hydrogen-bond donors (Lipinski definition) is 1. The predicted molar refractivity (Wildman–Crippen MR) is 94.5 cm³/mol. The highest BCUT2D eigenvalue weighted by atomic mass is 35.5. The number of rotatable bonds is 5. The average molecular weight is 348 g/mol. The summed E-state index contributed by atoms with van der Waals surface area (Å²) in [6.07, 6.45) is 0. The fourth-order valence-electron chi connectivity index (χ4n) is 2.20. The molecule has 118 valence electrons. The maximum absolute atomic E-state index is 6.20. The van der Waals surface area contributed by atoms with Crippen LogP contribution in [0.5, 0.6) is 5.75 Å². The van der Waals surface area contributed by atoms with Gasteiger partial charge in [-0.1, -0.05) is 23.2 Å². The number of furan rings is 1. The summed E-state index contributed by atoms with van der Waals surface area (Å²) in [6, 6.07) is 16.8. The highest BCUT2D eigenvalue weighted by Crippen LogP contribution is 2.32. The molecule has 0 saturated heterocycles. The number of hydrogen-bond acceptors (Lipinski definition) is 3. The number of methoxy groups -OCH3 is 1. The van der Waals surface area contributed by atoms with E-state index < -0.39 is 0 Å². The normalized spacial score (nSPS) is 10.6. The lowest BCUT2D eigenvalue weighted by Gasteiger charge is -2.06. The second-order valence-corrected chi connectivity index (χ2v) is 5.82. The third-order valence-corrected chi connectivity index (χ3v) is 3.98. The minimum absolute atomic E-state index is 0.574. The van der Waals surface area contributed by atoms with Crippen LogP contribution in [-0.2, 0) is 6.54 Å². The smallest absolute Gasteiger partial charge is 0.135 e. The van der Waals surface area contributed by atoms with Crippen molar-refractivity contribution in [2.24, 2.45) is 0 Å². The summed E-state index contributed by atoms with van der Waals surface area (Å²) < 4.78 is 11.0. The van der Waals surface area contributed by atoms with Gasteiger partial charge in [-0.3, -0.25) is 0 Å². The Kier molecular flexibility index (Phi) is 4.79. The van der Waals surface area contributed by atoms with E-state index in [1.807, 2.05) is 36.4 Å². The van der Waals surface area contributed by atoms with E-state index in [4.69, 9.17) is 32.4 Å². The lowest BCUT2D eigenvalue weighted by molar-refractivity contribution is 0.415. The monoisotopic (exact) mass is 347 g/mol. The lowest BCUT2D eigenvalue weighted by Crippen LogP contribution is -1.97. The first-order chi connectivity index (χ1) is 11.2. The van der Waals surface area contributed by atoms with Gasteiger partial charge in [0.25, 0.3) is 0 Å². The first-order valence-corrected chi connectivity index (χ1v) is 7.83. The Labute approximate surface area is 144 Å². The summed E-state index contributed by atoms with van der Waals surface area (Å²) >= 11 is 12.2. The molecule has 0 spiro atoms. The van der Waals surface area contributed by atoms with Crippen molar-refractivity contribution in [1.29, 1.82) is 0 Å². The summed E-state index contributed by atoms with van der Waals surface area (Å²) in [5.41, 5.74) is 1.78. The molecule has 0 bridgehead atoms. The highest BCUT2D eigenvalue weighted by Gasteiger charge is 2.09. The van der Waals surface area contributed by atoms with Gasteiger partial charge in [0.15, 0.2) is 0 Å². The molecule has 23 heavy (non-hydrogen) atoms. The summed E-state index contributed by atoms with van der Waals surface area (Å²) in [6.45, 7) is 0.574. The molecule has 1 aromatic heterocycles. The van der Waals surface area contributed by atoms with Crippen LogP contribution in [0.2, 0.25) is 10.0 Å². The molecule has 3 aromatic rings. The molecular formula is C18H15Cl2NO2. The Bertz CT molecular complexity index is 797. The SMILES string of the molecule is COc1ccc(NCc2ccc(-c3cc(Cl)ccc3Cl)o2)cc1. The first kappa shape index (κ1) is 15.8. The Morgan fingerprint density at radius 2 is 1.78 bits per heavy atom. The molecule has 0 fully saturated rings. The largest absolute Gasteiger partial charge is 0.497 e. The molecule has 0 aliphatic heterocycles. The van der Waals surface area contributed by atoms with Crippen LogP contribution < -0.4 is 10.1 Å². The van der Waals surface area contributed by atoms with Crippen LogP contribution in [0.4, 0.5) is 5.69 Å². The van der Waals surface area contributed by atoms with Crippen LogP contribution in [0.3, 0.4) is 0 Å². The Morgan fingerprint density at radius 3 is 2.52 bits per heavy atom. The van der Waals surface area contributed by atoms with Crippen molar-refractivity contribution < 1.29 is 9.15 Å². The summed E-state index contributed by atoms with van der Waals surface area (Å²) in [4.78, 5) is 0. The number of anilines is 1. The Morgan fingerprint density at radius 1 is 1.00 bits per heavy atom. The molecule has 1 heterocycles. The van der Waals surface area contributed by atoms with Gasteiger partial charge in [-0.15, -0.1) is 0 Å². The molecule has 3 rings (SSSR count). The third kappa shape index (κ3) is 3.81. The molecule has 0 saturated carbocycles. The van der Waals surface area contributed by atoms with Crippen molar-refractivity contribution in [2.75, 3.05) is 12.4 Å². The second kappa shape index (κ2) is 6.99. The molecule has 0 atom stereocenters. The maximum atomic E-state index is 6.20. The first-order valence-electron chi connectivity index (χ1n) is 7.08. The fourth-order valence-corrected chi connectivity index (χ4v) is 2.58. The van der Waals surface area contributed by atoms with Crippen molar-refractivity contribution in [3.63, 3.8) is 0 Å². The van der Waals surface area contributed by atoms with Gasteiger partial charge in [-0.05, 0) is 54.6 Å². The molecule has 2 aromatic carbocycles. The van der Waals surface area contributed by atoms with E-state index in [0.717, 1.165) is 22.8 Å². The van der Waals surface area contributed by atoms with Gasteiger partial charge < -0.3 is 14.5 Å². The van der Waals surface area contributed by atoms with Crippen molar-refractivity contribution >= 4 is 28.9 Å². The van der Waals surface area contributed by atoms with Gasteiger partial charge >= 0.3 is 0 Å². The molecule has 0 aliphatic carbocycles. The van der Waals surface area contributed by atoms with E-state index in [1.54, 1.807) is 25.3 Å². The van der Waals surface area contributed by atoms with Crippen LogP contribution in [0.15, 0.2) is 59.0 Å². The van der Waals surface area contributed by atoms with Crippen molar-refractivity contribution in [2.45, 2.75) is 6.54 Å². The van der Waals surface area contributed by atoms with E-state index in [9.17, 15) is 0 Å². The van der Waals surface area contributed by atoms with E-state index in [2.05, 4.69) is 5.32 Å². The average Bonchev–Trinajstić information content (AvgIpc) is 3.04. The van der Waals surface area contributed by atoms with Gasteiger partial charge in [0.2, 0.25) is 0 Å². The van der Waals surface area contributed by atoms with E-state index in [1.165, 1.54) is 0 Å². The zero-order chi connectivity index (χ0) is 16.2. The lowest BCUT2D eigenvalue weighted by atomic mass is 10.2. The van der Waals surface area contributed by atoms with Crippen LogP contribution >= 0.6 is 23.2 Å². The topological polar surface area (TPSA) is 34.4 Å². The molecule has 5 heteroatoms. The zero-order valence-corrected chi connectivity index (χ0v) is 14.0. The van der Waals surface area contributed by atoms with Gasteiger partial charge in [0.05, 0.1) is 18.7 Å². The molecule has 3 nitrogen and oxygen atoms in total. The fraction of sp³-hybridized carbons (Fsp3) is 0.111. The quantitative estimate of drug-likeness (QED) is 0.626. The summed E-state index contributed by atoms with van der Waals surface area (Å²) in [7, 11) is 1.65. The van der Waals surface area contributed by atoms with Gasteiger partial charge in [-0.2, -0.15) is 0 Å². The number of nitrogens with one attached hydrogen (secondary N) is 1. The van der Waals surface area contributed by atoms with Crippen LogP contribution in [-0.4, -0.2) is 7.11 Å². The predicted octanol–water partition coefficient (Wildman–Crippen LogP) is 5.87. The van der Waals surface area contributed by atoms with E-state index in [-0.39, 0.29) is 0 Å². The number of halogens is 2. The summed E-state index contributed by atoms with van der Waals surface area (Å²) in [5, 5.41) is 4.53. The minimum Gasteiger partial charge on any atom is -0.497 e. The maximum Gasteiger partial charge on any atom is 0.135 e.